The van der Waals surface area contributed by atoms with E-state index in [4.69, 9.17) is 9.84 Å². The summed E-state index contributed by atoms with van der Waals surface area (Å²) < 4.78 is 34.5. The lowest BCUT2D eigenvalue weighted by Crippen LogP contribution is -2.31. The van der Waals surface area contributed by atoms with Gasteiger partial charge in [0.1, 0.15) is 5.75 Å². The van der Waals surface area contributed by atoms with Crippen LogP contribution >= 0.6 is 11.8 Å². The SMILES string of the molecule is CSc1cccc(-c2ccc(S(=O)(=O)NC3CCCc4c(OCC(=O)O)cccc43)cc2)c1. The van der Waals surface area contributed by atoms with E-state index < -0.39 is 28.6 Å². The smallest absolute Gasteiger partial charge is 0.341 e. The minimum Gasteiger partial charge on any atom is -0.482 e. The molecule has 0 fully saturated rings. The Morgan fingerprint density at radius 2 is 1.85 bits per heavy atom. The summed E-state index contributed by atoms with van der Waals surface area (Å²) in [5.74, 6) is -0.556. The van der Waals surface area contributed by atoms with Crippen molar-refractivity contribution in [2.45, 2.75) is 35.1 Å². The van der Waals surface area contributed by atoms with Crippen LogP contribution in [0.5, 0.6) is 5.75 Å². The summed E-state index contributed by atoms with van der Waals surface area (Å²) in [4.78, 5) is 12.2. The first-order chi connectivity index (χ1) is 15.9. The van der Waals surface area contributed by atoms with Gasteiger partial charge in [-0.3, -0.25) is 0 Å². The molecule has 1 aliphatic rings. The zero-order valence-corrected chi connectivity index (χ0v) is 19.8. The fourth-order valence-electron chi connectivity index (χ4n) is 4.10. The molecular formula is C25H25NO5S2. The monoisotopic (exact) mass is 483 g/mol. The number of sulfonamides is 1. The molecule has 3 aromatic rings. The van der Waals surface area contributed by atoms with Crippen molar-refractivity contribution in [3.05, 3.63) is 77.9 Å². The Morgan fingerprint density at radius 3 is 2.58 bits per heavy atom. The van der Waals surface area contributed by atoms with E-state index in [0.29, 0.717) is 18.6 Å². The predicted molar refractivity (Wildman–Crippen MR) is 129 cm³/mol. The van der Waals surface area contributed by atoms with Gasteiger partial charge in [0.05, 0.1) is 4.90 Å². The number of aliphatic carboxylic acids is 1. The Balaban J connectivity index is 1.55. The summed E-state index contributed by atoms with van der Waals surface area (Å²) in [7, 11) is -3.74. The number of hydrogen-bond donors (Lipinski definition) is 2. The van der Waals surface area contributed by atoms with Crippen LogP contribution in [0, 0.1) is 0 Å². The van der Waals surface area contributed by atoms with Crippen molar-refractivity contribution in [2.24, 2.45) is 0 Å². The van der Waals surface area contributed by atoms with Crippen molar-refractivity contribution in [2.75, 3.05) is 12.9 Å². The molecule has 0 spiro atoms. The molecule has 0 heterocycles. The van der Waals surface area contributed by atoms with Gasteiger partial charge >= 0.3 is 5.97 Å². The van der Waals surface area contributed by atoms with Crippen molar-refractivity contribution in [1.29, 1.82) is 0 Å². The number of rotatable bonds is 8. The van der Waals surface area contributed by atoms with Gasteiger partial charge in [0.25, 0.3) is 0 Å². The molecule has 1 atom stereocenters. The molecule has 0 amide bonds. The number of carboxylic acids is 1. The zero-order chi connectivity index (χ0) is 23.4. The van der Waals surface area contributed by atoms with E-state index in [1.807, 2.05) is 42.7 Å². The van der Waals surface area contributed by atoms with E-state index in [9.17, 15) is 13.2 Å². The molecule has 1 unspecified atom stereocenters. The average molecular weight is 484 g/mol. The maximum atomic E-state index is 13.1. The minimum absolute atomic E-state index is 0.206. The highest BCUT2D eigenvalue weighted by molar-refractivity contribution is 7.98. The lowest BCUT2D eigenvalue weighted by molar-refractivity contribution is -0.139. The van der Waals surface area contributed by atoms with Crippen LogP contribution in [0.1, 0.15) is 30.0 Å². The van der Waals surface area contributed by atoms with Crippen LogP contribution in [0.4, 0.5) is 0 Å². The van der Waals surface area contributed by atoms with Gasteiger partial charge in [0.2, 0.25) is 10.0 Å². The number of carboxylic acid groups (broad SMARTS) is 1. The third-order valence-corrected chi connectivity index (χ3v) is 7.89. The Hall–Kier alpha value is -2.81. The summed E-state index contributed by atoms with van der Waals surface area (Å²) in [6.45, 7) is -0.432. The Kier molecular flexibility index (Phi) is 7.07. The Morgan fingerprint density at radius 1 is 1.09 bits per heavy atom. The van der Waals surface area contributed by atoms with E-state index in [0.717, 1.165) is 33.6 Å². The van der Waals surface area contributed by atoms with Crippen LogP contribution in [-0.4, -0.2) is 32.4 Å². The highest BCUT2D eigenvalue weighted by atomic mass is 32.2. The second kappa shape index (κ2) is 9.99. The van der Waals surface area contributed by atoms with Gasteiger partial charge in [-0.2, -0.15) is 0 Å². The quantitative estimate of drug-likeness (QED) is 0.443. The van der Waals surface area contributed by atoms with Crippen molar-refractivity contribution in [3.8, 4) is 16.9 Å². The largest absolute Gasteiger partial charge is 0.482 e. The van der Waals surface area contributed by atoms with Gasteiger partial charge in [0.15, 0.2) is 6.61 Å². The van der Waals surface area contributed by atoms with Crippen LogP contribution in [0.15, 0.2) is 76.5 Å². The van der Waals surface area contributed by atoms with Crippen LogP contribution in [-0.2, 0) is 21.2 Å². The first-order valence-electron chi connectivity index (χ1n) is 10.6. The highest BCUT2D eigenvalue weighted by Crippen LogP contribution is 2.36. The number of thioether (sulfide) groups is 1. The fraction of sp³-hybridized carbons (Fsp3) is 0.240. The first kappa shape index (κ1) is 23.4. The maximum Gasteiger partial charge on any atom is 0.341 e. The summed E-state index contributed by atoms with van der Waals surface area (Å²) >= 11 is 1.66. The van der Waals surface area contributed by atoms with Gasteiger partial charge in [-0.25, -0.2) is 17.9 Å². The lowest BCUT2D eigenvalue weighted by atomic mass is 9.87. The van der Waals surface area contributed by atoms with Crippen LogP contribution in [0.3, 0.4) is 0 Å². The van der Waals surface area contributed by atoms with Crippen molar-refractivity contribution >= 4 is 27.8 Å². The molecule has 0 radical (unpaired) electrons. The number of hydrogen-bond acceptors (Lipinski definition) is 5. The third-order valence-electron chi connectivity index (χ3n) is 5.68. The van der Waals surface area contributed by atoms with E-state index >= 15 is 0 Å². The van der Waals surface area contributed by atoms with E-state index in [2.05, 4.69) is 10.8 Å². The van der Waals surface area contributed by atoms with Gasteiger partial charge in [-0.1, -0.05) is 36.4 Å². The van der Waals surface area contributed by atoms with E-state index in [-0.39, 0.29) is 4.90 Å². The summed E-state index contributed by atoms with van der Waals surface area (Å²) in [6.07, 6.45) is 4.17. The fourth-order valence-corrected chi connectivity index (χ4v) is 5.81. The summed E-state index contributed by atoms with van der Waals surface area (Å²) in [6, 6.07) is 20.0. The van der Waals surface area contributed by atoms with E-state index in [1.165, 1.54) is 0 Å². The predicted octanol–water partition coefficient (Wildman–Crippen LogP) is 4.89. The highest BCUT2D eigenvalue weighted by Gasteiger charge is 2.27. The lowest BCUT2D eigenvalue weighted by Gasteiger charge is -2.27. The number of nitrogens with one attached hydrogen (secondary N) is 1. The topological polar surface area (TPSA) is 92.7 Å². The molecule has 0 aromatic heterocycles. The van der Waals surface area contributed by atoms with E-state index in [1.54, 1.807) is 36.0 Å². The first-order valence-corrected chi connectivity index (χ1v) is 13.3. The normalized spacial score (nSPS) is 15.6. The zero-order valence-electron chi connectivity index (χ0n) is 18.2. The second-order valence-electron chi connectivity index (χ2n) is 7.83. The average Bonchev–Trinajstić information content (AvgIpc) is 2.83. The molecule has 4 rings (SSSR count). The van der Waals surface area contributed by atoms with Gasteiger partial charge in [0, 0.05) is 10.9 Å². The third kappa shape index (κ3) is 5.40. The molecular weight excluding hydrogens is 458 g/mol. The Labute approximate surface area is 198 Å². The molecule has 33 heavy (non-hydrogen) atoms. The van der Waals surface area contributed by atoms with Crippen molar-refractivity contribution < 1.29 is 23.1 Å². The molecule has 0 saturated heterocycles. The molecule has 2 N–H and O–H groups in total. The molecule has 6 nitrogen and oxygen atoms in total. The molecule has 172 valence electrons. The van der Waals surface area contributed by atoms with Crippen LogP contribution in [0.2, 0.25) is 0 Å². The van der Waals surface area contributed by atoms with Gasteiger partial charge in [-0.05, 0) is 78.1 Å². The number of fused-ring (bicyclic) bond motifs is 1. The van der Waals surface area contributed by atoms with Crippen molar-refractivity contribution in [3.63, 3.8) is 0 Å². The number of carbonyl (C=O) groups is 1. The minimum atomic E-state index is -3.74. The van der Waals surface area contributed by atoms with Gasteiger partial charge < -0.3 is 9.84 Å². The number of ether oxygens (including phenoxy) is 1. The summed E-state index contributed by atoms with van der Waals surface area (Å²) in [5.41, 5.74) is 3.68. The maximum absolute atomic E-state index is 13.1. The van der Waals surface area contributed by atoms with Crippen LogP contribution < -0.4 is 9.46 Å². The summed E-state index contributed by atoms with van der Waals surface area (Å²) in [5, 5.41) is 8.91. The molecule has 0 aliphatic heterocycles. The molecule has 3 aromatic carbocycles. The molecule has 8 heteroatoms. The standard InChI is InChI=1S/C25H25NO5S2/c1-32-19-6-2-5-18(15-19)17-11-13-20(14-12-17)33(29,30)26-23-9-3-8-22-21(23)7-4-10-24(22)31-16-25(27)28/h2,4-7,10-15,23,26H,3,8-9,16H2,1H3,(H,27,28). The Bertz CT molecular complexity index is 1260. The molecule has 1 aliphatic carbocycles. The number of benzene rings is 3. The molecule has 0 bridgehead atoms. The second-order valence-corrected chi connectivity index (χ2v) is 10.4. The van der Waals surface area contributed by atoms with Gasteiger partial charge in [-0.15, -0.1) is 11.8 Å². The molecule has 0 saturated carbocycles. The van der Waals surface area contributed by atoms with Crippen LogP contribution in [0.25, 0.3) is 11.1 Å². The van der Waals surface area contributed by atoms with Crippen molar-refractivity contribution in [1.82, 2.24) is 4.72 Å².